The lowest BCUT2D eigenvalue weighted by Gasteiger charge is -2.07. The van der Waals surface area contributed by atoms with Gasteiger partial charge in [0.1, 0.15) is 0 Å². The molecule has 0 bridgehead atoms. The molecule has 1 atom stereocenters. The summed E-state index contributed by atoms with van der Waals surface area (Å²) in [6.07, 6.45) is 1.83. The van der Waals surface area contributed by atoms with Gasteiger partial charge in [0.25, 0.3) is 5.91 Å². The first kappa shape index (κ1) is 13.7. The van der Waals surface area contributed by atoms with E-state index in [0.29, 0.717) is 18.7 Å². The van der Waals surface area contributed by atoms with E-state index in [4.69, 9.17) is 10.8 Å². The van der Waals surface area contributed by atoms with E-state index < -0.39 is 6.10 Å². The van der Waals surface area contributed by atoms with Crippen LogP contribution in [0.1, 0.15) is 29.4 Å². The molecule has 6 nitrogen and oxygen atoms in total. The zero-order valence-electron chi connectivity index (χ0n) is 10.3. The summed E-state index contributed by atoms with van der Waals surface area (Å²) < 4.78 is 1.77. The summed E-state index contributed by atoms with van der Waals surface area (Å²) in [6.45, 7) is 5.03. The third kappa shape index (κ3) is 3.83. The van der Waals surface area contributed by atoms with Crippen LogP contribution in [-0.2, 0) is 6.54 Å². The van der Waals surface area contributed by atoms with E-state index in [-0.39, 0.29) is 12.5 Å². The SMILES string of the molecule is Cc1c(C(=O)NC[C@H](C)O)cnn1CCCN. The fourth-order valence-electron chi connectivity index (χ4n) is 1.47. The number of carbonyl (C=O) groups excluding carboxylic acids is 1. The normalized spacial score (nSPS) is 12.5. The molecule has 0 fully saturated rings. The van der Waals surface area contributed by atoms with Gasteiger partial charge in [0, 0.05) is 18.8 Å². The number of hydrogen-bond donors (Lipinski definition) is 3. The molecule has 1 heterocycles. The molecule has 4 N–H and O–H groups in total. The molecule has 1 aromatic rings. The van der Waals surface area contributed by atoms with Crippen LogP contribution in [0.25, 0.3) is 0 Å². The maximum absolute atomic E-state index is 11.8. The van der Waals surface area contributed by atoms with Crippen LogP contribution in [0.3, 0.4) is 0 Å². The molecule has 0 saturated heterocycles. The van der Waals surface area contributed by atoms with Crippen molar-refractivity contribution >= 4 is 5.91 Å². The zero-order chi connectivity index (χ0) is 12.8. The fraction of sp³-hybridized carbons (Fsp3) is 0.636. The number of aryl methyl sites for hydroxylation is 1. The number of aliphatic hydroxyl groups is 1. The Kier molecular flexibility index (Phi) is 5.11. The Morgan fingerprint density at radius 3 is 3.00 bits per heavy atom. The van der Waals surface area contributed by atoms with Crippen LogP contribution in [0.15, 0.2) is 6.20 Å². The smallest absolute Gasteiger partial charge is 0.254 e. The maximum atomic E-state index is 11.8. The second-order valence-electron chi connectivity index (χ2n) is 4.07. The first-order valence-corrected chi connectivity index (χ1v) is 5.75. The van der Waals surface area contributed by atoms with E-state index in [1.165, 1.54) is 0 Å². The second-order valence-corrected chi connectivity index (χ2v) is 4.07. The highest BCUT2D eigenvalue weighted by molar-refractivity contribution is 5.95. The topological polar surface area (TPSA) is 93.2 Å². The van der Waals surface area contributed by atoms with Crippen LogP contribution in [0, 0.1) is 6.92 Å². The predicted molar refractivity (Wildman–Crippen MR) is 64.6 cm³/mol. The van der Waals surface area contributed by atoms with Gasteiger partial charge in [-0.1, -0.05) is 0 Å². The standard InChI is InChI=1S/C11H20N4O2/c1-8(16)6-13-11(17)10-7-14-15(9(10)2)5-3-4-12/h7-8,16H,3-6,12H2,1-2H3,(H,13,17)/t8-/m0/s1. The first-order valence-electron chi connectivity index (χ1n) is 5.75. The number of nitrogens with zero attached hydrogens (tertiary/aromatic N) is 2. The molecule has 6 heteroatoms. The quantitative estimate of drug-likeness (QED) is 0.633. The Morgan fingerprint density at radius 2 is 2.41 bits per heavy atom. The fourth-order valence-corrected chi connectivity index (χ4v) is 1.47. The van der Waals surface area contributed by atoms with Gasteiger partial charge in [-0.2, -0.15) is 5.10 Å². The number of amides is 1. The van der Waals surface area contributed by atoms with Crippen molar-refractivity contribution in [1.82, 2.24) is 15.1 Å². The minimum Gasteiger partial charge on any atom is -0.392 e. The van der Waals surface area contributed by atoms with Crippen molar-refractivity contribution in [2.24, 2.45) is 5.73 Å². The third-order valence-electron chi connectivity index (χ3n) is 2.48. The summed E-state index contributed by atoms with van der Waals surface area (Å²) in [6, 6.07) is 0. The number of aliphatic hydroxyl groups excluding tert-OH is 1. The molecule has 0 saturated carbocycles. The van der Waals surface area contributed by atoms with Crippen LogP contribution in [-0.4, -0.2) is 40.0 Å². The molecule has 0 aliphatic heterocycles. The van der Waals surface area contributed by atoms with E-state index in [9.17, 15) is 4.79 Å². The second kappa shape index (κ2) is 6.36. The van der Waals surface area contributed by atoms with Gasteiger partial charge in [-0.15, -0.1) is 0 Å². The Morgan fingerprint density at radius 1 is 1.71 bits per heavy atom. The summed E-state index contributed by atoms with van der Waals surface area (Å²) in [5.74, 6) is -0.206. The van der Waals surface area contributed by atoms with Crippen molar-refractivity contribution < 1.29 is 9.90 Å². The molecule has 0 radical (unpaired) electrons. The molecule has 1 amide bonds. The molecule has 0 unspecified atom stereocenters. The van der Waals surface area contributed by atoms with Crippen LogP contribution >= 0.6 is 0 Å². The monoisotopic (exact) mass is 240 g/mol. The molecule has 17 heavy (non-hydrogen) atoms. The number of rotatable bonds is 6. The van der Waals surface area contributed by atoms with E-state index in [1.807, 2.05) is 6.92 Å². The minimum atomic E-state index is -0.549. The average Bonchev–Trinajstić information content (AvgIpc) is 2.65. The van der Waals surface area contributed by atoms with Crippen LogP contribution in [0.2, 0.25) is 0 Å². The summed E-state index contributed by atoms with van der Waals surface area (Å²) in [5.41, 5.74) is 6.79. The predicted octanol–water partition coefficient (Wildman–Crippen LogP) is -0.349. The molecule has 0 aliphatic rings. The van der Waals surface area contributed by atoms with Crippen molar-refractivity contribution in [2.75, 3.05) is 13.1 Å². The maximum Gasteiger partial charge on any atom is 0.254 e. The van der Waals surface area contributed by atoms with E-state index in [0.717, 1.165) is 12.1 Å². The van der Waals surface area contributed by atoms with E-state index in [2.05, 4.69) is 10.4 Å². The Hall–Kier alpha value is -1.40. The molecular weight excluding hydrogens is 220 g/mol. The van der Waals surface area contributed by atoms with Crippen molar-refractivity contribution in [3.8, 4) is 0 Å². The van der Waals surface area contributed by atoms with Gasteiger partial charge in [0.05, 0.1) is 17.9 Å². The summed E-state index contributed by atoms with van der Waals surface area (Å²) in [4.78, 5) is 11.8. The van der Waals surface area contributed by atoms with E-state index >= 15 is 0 Å². The van der Waals surface area contributed by atoms with Gasteiger partial charge >= 0.3 is 0 Å². The zero-order valence-corrected chi connectivity index (χ0v) is 10.3. The highest BCUT2D eigenvalue weighted by atomic mass is 16.3. The number of nitrogens with two attached hydrogens (primary N) is 1. The van der Waals surface area contributed by atoms with Gasteiger partial charge in [-0.3, -0.25) is 9.48 Å². The molecule has 0 aliphatic carbocycles. The average molecular weight is 240 g/mol. The van der Waals surface area contributed by atoms with Gasteiger partial charge in [-0.05, 0) is 26.8 Å². The van der Waals surface area contributed by atoms with Gasteiger partial charge in [0.15, 0.2) is 0 Å². The van der Waals surface area contributed by atoms with E-state index in [1.54, 1.807) is 17.8 Å². The largest absolute Gasteiger partial charge is 0.392 e. The highest BCUT2D eigenvalue weighted by Crippen LogP contribution is 2.07. The molecule has 1 aromatic heterocycles. The van der Waals surface area contributed by atoms with Crippen LogP contribution in [0.5, 0.6) is 0 Å². The number of nitrogens with one attached hydrogen (secondary N) is 1. The first-order chi connectivity index (χ1) is 8.06. The number of carbonyl (C=O) groups is 1. The molecular formula is C11H20N4O2. The van der Waals surface area contributed by atoms with Crippen molar-refractivity contribution in [3.05, 3.63) is 17.5 Å². The number of hydrogen-bond acceptors (Lipinski definition) is 4. The number of aromatic nitrogens is 2. The lowest BCUT2D eigenvalue weighted by molar-refractivity contribution is 0.0923. The van der Waals surface area contributed by atoms with Gasteiger partial charge < -0.3 is 16.2 Å². The molecule has 0 spiro atoms. The highest BCUT2D eigenvalue weighted by Gasteiger charge is 2.13. The summed E-state index contributed by atoms with van der Waals surface area (Å²) >= 11 is 0. The Bertz CT molecular complexity index is 374. The summed E-state index contributed by atoms with van der Waals surface area (Å²) in [5, 5.41) is 15.9. The lowest BCUT2D eigenvalue weighted by atomic mass is 10.2. The lowest BCUT2D eigenvalue weighted by Crippen LogP contribution is -2.30. The van der Waals surface area contributed by atoms with Crippen LogP contribution in [0.4, 0.5) is 0 Å². The summed E-state index contributed by atoms with van der Waals surface area (Å²) in [7, 11) is 0. The molecule has 96 valence electrons. The third-order valence-corrected chi connectivity index (χ3v) is 2.48. The van der Waals surface area contributed by atoms with Crippen molar-refractivity contribution in [3.63, 3.8) is 0 Å². The van der Waals surface area contributed by atoms with Crippen molar-refractivity contribution in [1.29, 1.82) is 0 Å². The molecule has 1 rings (SSSR count). The Balaban J connectivity index is 2.64. The van der Waals surface area contributed by atoms with Crippen LogP contribution < -0.4 is 11.1 Å². The van der Waals surface area contributed by atoms with Gasteiger partial charge in [0.2, 0.25) is 0 Å². The Labute approximate surface area is 101 Å². The minimum absolute atomic E-state index is 0.206. The van der Waals surface area contributed by atoms with Gasteiger partial charge in [-0.25, -0.2) is 0 Å². The van der Waals surface area contributed by atoms with Crippen molar-refractivity contribution in [2.45, 2.75) is 32.9 Å². The molecule has 0 aromatic carbocycles.